The van der Waals surface area contributed by atoms with Crippen molar-refractivity contribution >= 4 is 21.9 Å². The number of hydrogen-bond donors (Lipinski definition) is 2. The van der Waals surface area contributed by atoms with Crippen LogP contribution in [0, 0.1) is 0 Å². The average molecular weight is 456 g/mol. The van der Waals surface area contributed by atoms with E-state index in [4.69, 9.17) is 14.6 Å². The number of hydrogen-bond acceptors (Lipinski definition) is 4. The molecule has 0 aliphatic carbocycles. The molecular weight excluding hydrogens is 434 g/mol. The molecule has 0 aliphatic heterocycles. The molecule has 3 rings (SSSR count). The summed E-state index contributed by atoms with van der Waals surface area (Å²) in [6.45, 7) is 1.71. The molecule has 3 aromatic carbocycles. The van der Waals surface area contributed by atoms with Crippen LogP contribution < -0.4 is 14.8 Å². The van der Waals surface area contributed by atoms with Gasteiger partial charge < -0.3 is 19.9 Å². The SMILES string of the molecule is COc1cc(CNCc2ccc(C(=O)O)cc2)c(Br)cc1OCc1ccccc1. The van der Waals surface area contributed by atoms with E-state index >= 15 is 0 Å². The second-order valence-electron chi connectivity index (χ2n) is 6.47. The Morgan fingerprint density at radius 2 is 1.69 bits per heavy atom. The molecular formula is C23H22BrNO4. The molecule has 3 aromatic rings. The fraction of sp³-hybridized carbons (Fsp3) is 0.174. The van der Waals surface area contributed by atoms with Gasteiger partial charge in [-0.25, -0.2) is 4.79 Å². The molecule has 150 valence electrons. The fourth-order valence-electron chi connectivity index (χ4n) is 2.83. The first-order chi connectivity index (χ1) is 14.1. The molecule has 0 spiro atoms. The predicted molar refractivity (Wildman–Crippen MR) is 115 cm³/mol. The summed E-state index contributed by atoms with van der Waals surface area (Å²) in [5.74, 6) is 0.429. The Morgan fingerprint density at radius 1 is 0.966 bits per heavy atom. The summed E-state index contributed by atoms with van der Waals surface area (Å²) in [7, 11) is 1.62. The van der Waals surface area contributed by atoms with Crippen molar-refractivity contribution in [3.05, 3.63) is 93.5 Å². The van der Waals surface area contributed by atoms with Gasteiger partial charge in [-0.05, 0) is 41.0 Å². The Hall–Kier alpha value is -2.83. The lowest BCUT2D eigenvalue weighted by molar-refractivity contribution is 0.0697. The van der Waals surface area contributed by atoms with Crippen LogP contribution in [0.4, 0.5) is 0 Å². The first-order valence-corrected chi connectivity index (χ1v) is 9.92. The zero-order chi connectivity index (χ0) is 20.6. The van der Waals surface area contributed by atoms with E-state index in [9.17, 15) is 4.79 Å². The molecule has 0 saturated carbocycles. The summed E-state index contributed by atoms with van der Waals surface area (Å²) in [5.41, 5.74) is 3.43. The molecule has 29 heavy (non-hydrogen) atoms. The molecule has 0 unspecified atom stereocenters. The van der Waals surface area contributed by atoms with Crippen LogP contribution in [-0.4, -0.2) is 18.2 Å². The minimum Gasteiger partial charge on any atom is -0.493 e. The number of ether oxygens (including phenoxy) is 2. The fourth-order valence-corrected chi connectivity index (χ4v) is 3.29. The van der Waals surface area contributed by atoms with Gasteiger partial charge in [0.15, 0.2) is 11.5 Å². The Morgan fingerprint density at radius 3 is 2.34 bits per heavy atom. The standard InChI is InChI=1S/C23H22BrNO4/c1-28-21-11-19(14-25-13-16-7-9-18(10-8-16)23(26)27)20(24)12-22(21)29-15-17-5-3-2-4-6-17/h2-12,25H,13-15H2,1H3,(H,26,27). The highest BCUT2D eigenvalue weighted by atomic mass is 79.9. The predicted octanol–water partition coefficient (Wildman–Crippen LogP) is 5.02. The van der Waals surface area contributed by atoms with Crippen molar-refractivity contribution in [1.29, 1.82) is 0 Å². The topological polar surface area (TPSA) is 67.8 Å². The lowest BCUT2D eigenvalue weighted by atomic mass is 10.1. The maximum absolute atomic E-state index is 10.9. The van der Waals surface area contributed by atoms with Gasteiger partial charge in [-0.15, -0.1) is 0 Å². The van der Waals surface area contributed by atoms with Crippen LogP contribution in [0.5, 0.6) is 11.5 Å². The number of carboxylic acid groups (broad SMARTS) is 1. The maximum Gasteiger partial charge on any atom is 0.335 e. The van der Waals surface area contributed by atoms with Gasteiger partial charge in [0.1, 0.15) is 6.61 Å². The van der Waals surface area contributed by atoms with Crippen LogP contribution in [0.15, 0.2) is 71.2 Å². The molecule has 0 aromatic heterocycles. The third kappa shape index (κ3) is 5.82. The normalized spacial score (nSPS) is 10.6. The Labute approximate surface area is 178 Å². The number of aromatic carboxylic acids is 1. The molecule has 0 aliphatic rings. The average Bonchev–Trinajstić information content (AvgIpc) is 2.74. The monoisotopic (exact) mass is 455 g/mol. The van der Waals surface area contributed by atoms with Crippen LogP contribution in [0.25, 0.3) is 0 Å². The summed E-state index contributed by atoms with van der Waals surface area (Å²) in [6, 6.07) is 20.7. The molecule has 0 bridgehead atoms. The van der Waals surface area contributed by atoms with Crippen LogP contribution in [-0.2, 0) is 19.7 Å². The van der Waals surface area contributed by atoms with Crippen molar-refractivity contribution in [3.63, 3.8) is 0 Å². The number of carbonyl (C=O) groups is 1. The lowest BCUT2D eigenvalue weighted by Crippen LogP contribution is -2.13. The maximum atomic E-state index is 10.9. The number of nitrogens with one attached hydrogen (secondary N) is 1. The van der Waals surface area contributed by atoms with Gasteiger partial charge in [-0.3, -0.25) is 0 Å². The van der Waals surface area contributed by atoms with E-state index in [0.717, 1.165) is 21.2 Å². The summed E-state index contributed by atoms with van der Waals surface area (Å²) >= 11 is 3.61. The van der Waals surface area contributed by atoms with Crippen molar-refractivity contribution < 1.29 is 19.4 Å². The summed E-state index contributed by atoms with van der Waals surface area (Å²) in [5, 5.41) is 12.3. The van der Waals surface area contributed by atoms with E-state index in [-0.39, 0.29) is 5.56 Å². The minimum absolute atomic E-state index is 0.285. The Kier molecular flexibility index (Phi) is 7.27. The zero-order valence-corrected chi connectivity index (χ0v) is 17.6. The first kappa shape index (κ1) is 20.9. The van der Waals surface area contributed by atoms with Gasteiger partial charge >= 0.3 is 5.97 Å². The van der Waals surface area contributed by atoms with Gasteiger partial charge in [0.25, 0.3) is 0 Å². The number of halogens is 1. The van der Waals surface area contributed by atoms with E-state index in [0.29, 0.717) is 31.2 Å². The number of methoxy groups -OCH3 is 1. The van der Waals surface area contributed by atoms with Gasteiger partial charge in [-0.2, -0.15) is 0 Å². The molecule has 6 heteroatoms. The zero-order valence-electron chi connectivity index (χ0n) is 16.0. The third-order valence-corrected chi connectivity index (χ3v) is 5.15. The van der Waals surface area contributed by atoms with E-state index in [2.05, 4.69) is 21.2 Å². The quantitative estimate of drug-likeness (QED) is 0.473. The van der Waals surface area contributed by atoms with Crippen molar-refractivity contribution in [2.24, 2.45) is 0 Å². The van der Waals surface area contributed by atoms with Crippen LogP contribution >= 0.6 is 15.9 Å². The van der Waals surface area contributed by atoms with E-state index < -0.39 is 5.97 Å². The molecule has 2 N–H and O–H groups in total. The molecule has 5 nitrogen and oxygen atoms in total. The molecule has 0 amide bonds. The van der Waals surface area contributed by atoms with Crippen molar-refractivity contribution in [2.45, 2.75) is 19.7 Å². The third-order valence-electron chi connectivity index (χ3n) is 4.42. The van der Waals surface area contributed by atoms with Gasteiger partial charge in [-0.1, -0.05) is 58.4 Å². The summed E-state index contributed by atoms with van der Waals surface area (Å²) in [4.78, 5) is 10.9. The highest BCUT2D eigenvalue weighted by molar-refractivity contribution is 9.10. The molecule has 0 saturated heterocycles. The Balaban J connectivity index is 1.61. The van der Waals surface area contributed by atoms with Gasteiger partial charge in [0.05, 0.1) is 12.7 Å². The van der Waals surface area contributed by atoms with Crippen molar-refractivity contribution in [3.8, 4) is 11.5 Å². The van der Waals surface area contributed by atoms with Crippen LogP contribution in [0.3, 0.4) is 0 Å². The van der Waals surface area contributed by atoms with E-state index in [1.165, 1.54) is 0 Å². The number of benzene rings is 3. The van der Waals surface area contributed by atoms with Gasteiger partial charge in [0, 0.05) is 17.6 Å². The van der Waals surface area contributed by atoms with Crippen LogP contribution in [0.2, 0.25) is 0 Å². The van der Waals surface area contributed by atoms with E-state index in [1.54, 1.807) is 19.2 Å². The molecule has 0 heterocycles. The highest BCUT2D eigenvalue weighted by Gasteiger charge is 2.11. The first-order valence-electron chi connectivity index (χ1n) is 9.13. The summed E-state index contributed by atoms with van der Waals surface area (Å²) in [6.07, 6.45) is 0. The summed E-state index contributed by atoms with van der Waals surface area (Å²) < 4.78 is 12.4. The second kappa shape index (κ2) is 10.1. The molecule has 0 atom stereocenters. The van der Waals surface area contributed by atoms with E-state index in [1.807, 2.05) is 54.6 Å². The van der Waals surface area contributed by atoms with Crippen molar-refractivity contribution in [1.82, 2.24) is 5.32 Å². The van der Waals surface area contributed by atoms with Crippen molar-refractivity contribution in [2.75, 3.05) is 7.11 Å². The lowest BCUT2D eigenvalue weighted by Gasteiger charge is -2.14. The smallest absolute Gasteiger partial charge is 0.335 e. The second-order valence-corrected chi connectivity index (χ2v) is 7.33. The Bertz CT molecular complexity index is 959. The van der Waals surface area contributed by atoms with Gasteiger partial charge in [0.2, 0.25) is 0 Å². The van der Waals surface area contributed by atoms with Crippen LogP contribution in [0.1, 0.15) is 27.0 Å². The highest BCUT2D eigenvalue weighted by Crippen LogP contribution is 2.34. The minimum atomic E-state index is -0.921. The molecule has 0 fully saturated rings. The molecule has 0 radical (unpaired) electrons. The number of carboxylic acids is 1. The number of rotatable bonds is 9. The largest absolute Gasteiger partial charge is 0.493 e.